The van der Waals surface area contributed by atoms with Crippen LogP contribution in [0.1, 0.15) is 40.9 Å². The van der Waals surface area contributed by atoms with Gasteiger partial charge in [-0.2, -0.15) is 0 Å². The van der Waals surface area contributed by atoms with Crippen molar-refractivity contribution in [1.29, 1.82) is 0 Å². The molecule has 0 saturated carbocycles. The molecule has 2 N–H and O–H groups in total. The van der Waals surface area contributed by atoms with Crippen LogP contribution in [0.5, 0.6) is 5.75 Å². The molecule has 21 heavy (non-hydrogen) atoms. The van der Waals surface area contributed by atoms with E-state index in [0.717, 1.165) is 17.5 Å². The van der Waals surface area contributed by atoms with Gasteiger partial charge in [-0.15, -0.1) is 0 Å². The molecule has 0 aromatic heterocycles. The van der Waals surface area contributed by atoms with E-state index in [1.807, 2.05) is 31.2 Å². The van der Waals surface area contributed by atoms with Crippen molar-refractivity contribution in [2.45, 2.75) is 25.9 Å². The van der Waals surface area contributed by atoms with Gasteiger partial charge in [0.2, 0.25) is 0 Å². The van der Waals surface area contributed by atoms with E-state index in [1.54, 1.807) is 12.1 Å². The summed E-state index contributed by atoms with van der Waals surface area (Å²) >= 11 is 5.89. The third-order valence-corrected chi connectivity index (χ3v) is 4.01. The number of fused-ring (bicyclic) bond motifs is 1. The quantitative estimate of drug-likeness (QED) is 0.846. The Morgan fingerprint density at radius 1 is 1.29 bits per heavy atom. The highest BCUT2D eigenvalue weighted by molar-refractivity contribution is 6.30. The van der Waals surface area contributed by atoms with Gasteiger partial charge in [0.15, 0.2) is 11.5 Å². The number of carbonyl (C=O) groups excluding carboxylic acids is 1. The molecule has 3 rings (SSSR count). The molecule has 4 heteroatoms. The summed E-state index contributed by atoms with van der Waals surface area (Å²) in [4.78, 5) is 12.4. The van der Waals surface area contributed by atoms with Crippen LogP contribution in [0.15, 0.2) is 36.4 Å². The summed E-state index contributed by atoms with van der Waals surface area (Å²) in [5.41, 5.74) is 9.14. The van der Waals surface area contributed by atoms with Crippen LogP contribution in [0.4, 0.5) is 5.69 Å². The zero-order valence-electron chi connectivity index (χ0n) is 11.7. The molecule has 1 heterocycles. The fourth-order valence-corrected chi connectivity index (χ4v) is 2.71. The van der Waals surface area contributed by atoms with Gasteiger partial charge in [-0.05, 0) is 41.8 Å². The van der Waals surface area contributed by atoms with Crippen molar-refractivity contribution in [3.63, 3.8) is 0 Å². The van der Waals surface area contributed by atoms with E-state index >= 15 is 0 Å². The topological polar surface area (TPSA) is 52.3 Å². The first-order valence-corrected chi connectivity index (χ1v) is 7.34. The summed E-state index contributed by atoms with van der Waals surface area (Å²) < 4.78 is 5.97. The van der Waals surface area contributed by atoms with Gasteiger partial charge in [0, 0.05) is 5.02 Å². The number of aryl methyl sites for hydroxylation is 1. The van der Waals surface area contributed by atoms with E-state index in [-0.39, 0.29) is 11.9 Å². The Morgan fingerprint density at radius 3 is 2.67 bits per heavy atom. The molecule has 1 aliphatic heterocycles. The van der Waals surface area contributed by atoms with Gasteiger partial charge < -0.3 is 10.5 Å². The van der Waals surface area contributed by atoms with Crippen molar-refractivity contribution in [3.05, 3.63) is 58.1 Å². The highest BCUT2D eigenvalue weighted by Crippen LogP contribution is 2.39. The Labute approximate surface area is 128 Å². The minimum absolute atomic E-state index is 0.0678. The average Bonchev–Trinajstić information content (AvgIpc) is 2.48. The van der Waals surface area contributed by atoms with Crippen LogP contribution in [-0.4, -0.2) is 5.78 Å². The van der Waals surface area contributed by atoms with Crippen molar-refractivity contribution in [2.24, 2.45) is 0 Å². The van der Waals surface area contributed by atoms with E-state index < -0.39 is 0 Å². The molecular formula is C17H16ClNO2. The first-order valence-electron chi connectivity index (χ1n) is 6.96. The minimum Gasteiger partial charge on any atom is -0.482 e. The maximum Gasteiger partial charge on any atom is 0.170 e. The summed E-state index contributed by atoms with van der Waals surface area (Å²) in [6, 6.07) is 11.1. The smallest absolute Gasteiger partial charge is 0.170 e. The molecule has 1 unspecified atom stereocenters. The first-order chi connectivity index (χ1) is 10.1. The van der Waals surface area contributed by atoms with E-state index in [4.69, 9.17) is 22.1 Å². The summed E-state index contributed by atoms with van der Waals surface area (Å²) in [7, 11) is 0. The van der Waals surface area contributed by atoms with Crippen molar-refractivity contribution >= 4 is 23.1 Å². The lowest BCUT2D eigenvalue weighted by Gasteiger charge is -2.27. The van der Waals surface area contributed by atoms with Gasteiger partial charge in [-0.1, -0.05) is 30.7 Å². The number of anilines is 1. The van der Waals surface area contributed by atoms with Crippen LogP contribution in [-0.2, 0) is 6.42 Å². The fraction of sp³-hybridized carbons (Fsp3) is 0.235. The van der Waals surface area contributed by atoms with Crippen LogP contribution in [0.25, 0.3) is 0 Å². The third-order valence-electron chi connectivity index (χ3n) is 3.76. The van der Waals surface area contributed by atoms with E-state index in [0.29, 0.717) is 28.4 Å². The Hall–Kier alpha value is -2.00. The Kier molecular flexibility index (Phi) is 3.60. The highest BCUT2D eigenvalue weighted by Gasteiger charge is 2.29. The van der Waals surface area contributed by atoms with Crippen LogP contribution >= 0.6 is 11.6 Å². The number of nitrogens with two attached hydrogens (primary N) is 1. The highest BCUT2D eigenvalue weighted by atomic mass is 35.5. The number of halogens is 1. The Bertz CT molecular complexity index is 695. The number of Topliss-reactive ketones (excluding diaryl/α,β-unsaturated/α-hetero) is 1. The molecule has 1 atom stereocenters. The normalized spacial score (nSPS) is 17.2. The Morgan fingerprint density at radius 2 is 2.00 bits per heavy atom. The number of rotatable bonds is 2. The predicted molar refractivity (Wildman–Crippen MR) is 84.0 cm³/mol. The summed E-state index contributed by atoms with van der Waals surface area (Å²) in [5.74, 6) is 0.571. The maximum atomic E-state index is 12.4. The van der Waals surface area contributed by atoms with E-state index in [2.05, 4.69) is 0 Å². The molecule has 0 saturated heterocycles. The van der Waals surface area contributed by atoms with Crippen molar-refractivity contribution in [2.75, 3.05) is 5.73 Å². The van der Waals surface area contributed by atoms with E-state index in [9.17, 15) is 4.79 Å². The number of ketones is 1. The summed E-state index contributed by atoms with van der Waals surface area (Å²) in [5, 5.41) is 0.661. The standard InChI is InChI=1S/C17H16ClNO2/c1-2-10-7-13-15(20)9-16(21-17(13)14(19)8-10)11-3-5-12(18)6-4-11/h3-8,16H,2,9,19H2,1H3. The van der Waals surface area contributed by atoms with Crippen LogP contribution in [0, 0.1) is 0 Å². The lowest BCUT2D eigenvalue weighted by atomic mass is 9.94. The molecule has 0 bridgehead atoms. The van der Waals surface area contributed by atoms with Gasteiger partial charge in [0.05, 0.1) is 17.7 Å². The molecule has 2 aromatic carbocycles. The molecule has 2 aromatic rings. The van der Waals surface area contributed by atoms with Crippen LogP contribution in [0.2, 0.25) is 5.02 Å². The first kappa shape index (κ1) is 14.0. The van der Waals surface area contributed by atoms with Crippen LogP contribution in [0.3, 0.4) is 0 Å². The Balaban J connectivity index is 1.99. The zero-order valence-corrected chi connectivity index (χ0v) is 12.5. The minimum atomic E-state index is -0.308. The number of hydrogen-bond donors (Lipinski definition) is 1. The average molecular weight is 302 g/mol. The second kappa shape index (κ2) is 5.41. The van der Waals surface area contributed by atoms with Gasteiger partial charge in [-0.3, -0.25) is 4.79 Å². The van der Waals surface area contributed by atoms with Crippen molar-refractivity contribution < 1.29 is 9.53 Å². The number of hydrogen-bond acceptors (Lipinski definition) is 3. The maximum absolute atomic E-state index is 12.4. The van der Waals surface area contributed by atoms with Gasteiger partial charge >= 0.3 is 0 Å². The summed E-state index contributed by atoms with van der Waals surface area (Å²) in [6.07, 6.45) is 0.851. The lowest BCUT2D eigenvalue weighted by Crippen LogP contribution is -2.21. The molecule has 0 spiro atoms. The lowest BCUT2D eigenvalue weighted by molar-refractivity contribution is 0.0851. The van der Waals surface area contributed by atoms with E-state index in [1.165, 1.54) is 0 Å². The molecule has 0 fully saturated rings. The van der Waals surface area contributed by atoms with Gasteiger partial charge in [0.1, 0.15) is 6.10 Å². The monoisotopic (exact) mass is 301 g/mol. The SMILES string of the molecule is CCc1cc(N)c2c(c1)C(=O)CC(c1ccc(Cl)cc1)O2. The molecule has 0 radical (unpaired) electrons. The summed E-state index contributed by atoms with van der Waals surface area (Å²) in [6.45, 7) is 2.03. The second-order valence-corrected chi connectivity index (χ2v) is 5.64. The number of ether oxygens (including phenoxy) is 1. The largest absolute Gasteiger partial charge is 0.482 e. The molecule has 0 amide bonds. The third kappa shape index (κ3) is 2.61. The molecule has 0 aliphatic carbocycles. The molecule has 1 aliphatic rings. The second-order valence-electron chi connectivity index (χ2n) is 5.20. The molecular weight excluding hydrogens is 286 g/mol. The number of nitrogen functional groups attached to an aromatic ring is 1. The van der Waals surface area contributed by atoms with Crippen molar-refractivity contribution in [1.82, 2.24) is 0 Å². The van der Waals surface area contributed by atoms with Gasteiger partial charge in [-0.25, -0.2) is 0 Å². The van der Waals surface area contributed by atoms with Gasteiger partial charge in [0.25, 0.3) is 0 Å². The number of benzene rings is 2. The van der Waals surface area contributed by atoms with Crippen molar-refractivity contribution in [3.8, 4) is 5.75 Å². The number of carbonyl (C=O) groups is 1. The van der Waals surface area contributed by atoms with Crippen LogP contribution < -0.4 is 10.5 Å². The molecule has 3 nitrogen and oxygen atoms in total. The molecule has 108 valence electrons. The fourth-order valence-electron chi connectivity index (χ4n) is 2.58. The predicted octanol–water partition coefficient (Wildman–Crippen LogP) is 4.19. The zero-order chi connectivity index (χ0) is 15.0.